The summed E-state index contributed by atoms with van der Waals surface area (Å²) in [5.41, 5.74) is 4.27. The van der Waals surface area contributed by atoms with Gasteiger partial charge in [0.2, 0.25) is 5.96 Å². The number of fused-ring (bicyclic) bond motifs is 1. The molecule has 1 aromatic heterocycles. The van der Waals surface area contributed by atoms with Crippen LogP contribution >= 0.6 is 11.3 Å². The van der Waals surface area contributed by atoms with E-state index in [0.29, 0.717) is 23.5 Å². The highest BCUT2D eigenvalue weighted by molar-refractivity contribution is 7.16. The third-order valence-corrected chi connectivity index (χ3v) is 8.34. The summed E-state index contributed by atoms with van der Waals surface area (Å²) in [6.07, 6.45) is 8.86. The predicted octanol–water partition coefficient (Wildman–Crippen LogP) is 3.79. The Balaban J connectivity index is 1.30. The number of aliphatic imine (C=N–C) groups is 1. The number of aromatic nitrogens is 1. The van der Waals surface area contributed by atoms with E-state index in [4.69, 9.17) is 9.73 Å². The third kappa shape index (κ3) is 2.82. The number of hydrogen-bond donors (Lipinski definition) is 1. The molecular formula is C23H26N4O2S. The van der Waals surface area contributed by atoms with Crippen molar-refractivity contribution in [3.05, 3.63) is 35.0 Å². The van der Waals surface area contributed by atoms with Crippen molar-refractivity contribution in [1.82, 2.24) is 15.2 Å². The van der Waals surface area contributed by atoms with Crippen molar-refractivity contribution in [2.45, 2.75) is 49.7 Å². The second kappa shape index (κ2) is 6.37. The lowest BCUT2D eigenvalue weighted by Crippen LogP contribution is -2.67. The van der Waals surface area contributed by atoms with Crippen LogP contribution in [-0.4, -0.2) is 47.0 Å². The van der Waals surface area contributed by atoms with Crippen molar-refractivity contribution in [1.29, 1.82) is 0 Å². The van der Waals surface area contributed by atoms with Crippen molar-refractivity contribution < 1.29 is 9.53 Å². The Morgan fingerprint density at radius 1 is 1.27 bits per heavy atom. The summed E-state index contributed by atoms with van der Waals surface area (Å²) in [5, 5.41) is 3.73. The number of nitrogens with one attached hydrogen (secondary N) is 1. The van der Waals surface area contributed by atoms with Gasteiger partial charge in [0.25, 0.3) is 5.91 Å². The van der Waals surface area contributed by atoms with Gasteiger partial charge in [-0.1, -0.05) is 6.07 Å². The first-order valence-electron chi connectivity index (χ1n) is 10.7. The highest BCUT2D eigenvalue weighted by Crippen LogP contribution is 2.58. The van der Waals surface area contributed by atoms with E-state index in [1.54, 1.807) is 16.2 Å². The first-order chi connectivity index (χ1) is 14.5. The molecular weight excluding hydrogens is 396 g/mol. The Morgan fingerprint density at radius 3 is 2.83 bits per heavy atom. The SMILES string of the molecule is COC12CC3CC(CC(NC4=N/C(=C\c5ccc6ncsc6c5)C(=O)N4C)(C3)C1)C2. The molecule has 0 spiro atoms. The molecule has 5 aliphatic rings. The third-order valence-electron chi connectivity index (χ3n) is 7.54. The van der Waals surface area contributed by atoms with Crippen LogP contribution in [0.15, 0.2) is 34.4 Å². The van der Waals surface area contributed by atoms with Crippen LogP contribution in [0.3, 0.4) is 0 Å². The zero-order chi connectivity index (χ0) is 20.5. The van der Waals surface area contributed by atoms with Crippen molar-refractivity contribution >= 4 is 39.5 Å². The minimum absolute atomic E-state index is 0.00164. The number of hydrogen-bond acceptors (Lipinski definition) is 6. The fraction of sp³-hybridized carbons (Fsp3) is 0.522. The Kier molecular flexibility index (Phi) is 3.93. The first kappa shape index (κ1) is 18.5. The molecule has 6 nitrogen and oxygen atoms in total. The molecule has 4 bridgehead atoms. The molecule has 0 radical (unpaired) electrons. The molecule has 4 fully saturated rings. The van der Waals surface area contributed by atoms with E-state index < -0.39 is 0 Å². The quantitative estimate of drug-likeness (QED) is 0.764. The van der Waals surface area contributed by atoms with E-state index in [1.807, 2.05) is 37.9 Å². The molecule has 4 aliphatic carbocycles. The lowest BCUT2D eigenvalue weighted by molar-refractivity contribution is -0.157. The van der Waals surface area contributed by atoms with Gasteiger partial charge in [0.15, 0.2) is 0 Å². The fourth-order valence-corrected chi connectivity index (χ4v) is 7.36. The Hall–Kier alpha value is -2.25. The number of amides is 1. The maximum absolute atomic E-state index is 12.9. The van der Waals surface area contributed by atoms with Gasteiger partial charge in [-0.2, -0.15) is 0 Å². The number of carbonyl (C=O) groups excluding carboxylic acids is 1. The summed E-state index contributed by atoms with van der Waals surface area (Å²) in [5.74, 6) is 2.04. The van der Waals surface area contributed by atoms with Crippen molar-refractivity contribution in [3.63, 3.8) is 0 Å². The standard InChI is InChI=1S/C23H26N4O2S/c1-27-20(28)18(6-14-3-4-17-19(7-14)30-13-24-17)25-21(27)26-22-8-15-5-16(9-22)11-23(10-15,12-22)29-2/h3-4,6-7,13,15-16H,5,8-12H2,1-2H3,(H,25,26)/b18-6-. The largest absolute Gasteiger partial charge is 0.378 e. The summed E-state index contributed by atoms with van der Waals surface area (Å²) in [6, 6.07) is 6.05. The Bertz CT molecular complexity index is 1090. The van der Waals surface area contributed by atoms with Gasteiger partial charge in [-0.15, -0.1) is 11.3 Å². The molecule has 7 heteroatoms. The topological polar surface area (TPSA) is 66.8 Å². The smallest absolute Gasteiger partial charge is 0.279 e. The molecule has 1 aliphatic heterocycles. The zero-order valence-corrected chi connectivity index (χ0v) is 18.2. The highest BCUT2D eigenvalue weighted by atomic mass is 32.1. The van der Waals surface area contributed by atoms with Gasteiger partial charge >= 0.3 is 0 Å². The molecule has 0 saturated heterocycles. The van der Waals surface area contributed by atoms with Gasteiger partial charge in [0.1, 0.15) is 5.70 Å². The lowest BCUT2D eigenvalue weighted by atomic mass is 9.51. The average molecular weight is 423 g/mol. The molecule has 2 heterocycles. The Labute approximate surface area is 180 Å². The fourth-order valence-electron chi connectivity index (χ4n) is 6.63. The minimum atomic E-state index is -0.0620. The van der Waals surface area contributed by atoms with Crippen LogP contribution in [0.2, 0.25) is 0 Å². The van der Waals surface area contributed by atoms with E-state index >= 15 is 0 Å². The van der Waals surface area contributed by atoms with Gasteiger partial charge in [-0.25, -0.2) is 9.98 Å². The summed E-state index contributed by atoms with van der Waals surface area (Å²) in [7, 11) is 3.68. The molecule has 4 saturated carbocycles. The van der Waals surface area contributed by atoms with E-state index in [2.05, 4.69) is 16.4 Å². The number of guanidine groups is 1. The molecule has 1 N–H and O–H groups in total. The summed E-state index contributed by atoms with van der Waals surface area (Å²) < 4.78 is 7.16. The lowest BCUT2D eigenvalue weighted by Gasteiger charge is -2.61. The molecule has 1 aromatic carbocycles. The maximum Gasteiger partial charge on any atom is 0.279 e. The number of methoxy groups -OCH3 is 1. The van der Waals surface area contributed by atoms with Gasteiger partial charge in [-0.3, -0.25) is 9.69 Å². The average Bonchev–Trinajstić information content (AvgIpc) is 3.27. The number of thiazole rings is 1. The van der Waals surface area contributed by atoms with Crippen LogP contribution in [0.4, 0.5) is 0 Å². The monoisotopic (exact) mass is 422 g/mol. The number of rotatable bonds is 3. The number of ether oxygens (including phenoxy) is 1. The highest BCUT2D eigenvalue weighted by Gasteiger charge is 2.58. The van der Waals surface area contributed by atoms with Crippen LogP contribution < -0.4 is 5.32 Å². The predicted molar refractivity (Wildman–Crippen MR) is 118 cm³/mol. The van der Waals surface area contributed by atoms with E-state index in [-0.39, 0.29) is 17.0 Å². The number of nitrogens with zero attached hydrogens (tertiary/aromatic N) is 3. The minimum Gasteiger partial charge on any atom is -0.378 e. The Morgan fingerprint density at radius 2 is 2.07 bits per heavy atom. The molecule has 1 amide bonds. The molecule has 7 rings (SSSR count). The van der Waals surface area contributed by atoms with Gasteiger partial charge in [0.05, 0.1) is 21.3 Å². The van der Waals surface area contributed by atoms with Crippen LogP contribution in [0.25, 0.3) is 16.3 Å². The number of benzene rings is 1. The molecule has 2 unspecified atom stereocenters. The zero-order valence-electron chi connectivity index (χ0n) is 17.4. The second-order valence-corrected chi connectivity index (χ2v) is 10.5. The summed E-state index contributed by atoms with van der Waals surface area (Å²) >= 11 is 1.60. The van der Waals surface area contributed by atoms with Crippen LogP contribution in [0, 0.1) is 11.8 Å². The molecule has 156 valence electrons. The molecule has 30 heavy (non-hydrogen) atoms. The van der Waals surface area contributed by atoms with Crippen molar-refractivity contribution in [2.75, 3.05) is 14.2 Å². The van der Waals surface area contributed by atoms with E-state index in [0.717, 1.165) is 35.0 Å². The van der Waals surface area contributed by atoms with Gasteiger partial charge < -0.3 is 10.1 Å². The summed E-state index contributed by atoms with van der Waals surface area (Å²) in [6.45, 7) is 0. The van der Waals surface area contributed by atoms with E-state index in [9.17, 15) is 4.79 Å². The summed E-state index contributed by atoms with van der Waals surface area (Å²) in [4.78, 5) is 23.6. The first-order valence-corrected chi connectivity index (χ1v) is 11.6. The van der Waals surface area contributed by atoms with Crippen LogP contribution in [-0.2, 0) is 9.53 Å². The normalized spacial score (nSPS) is 36.2. The van der Waals surface area contributed by atoms with Gasteiger partial charge in [-0.05, 0) is 74.1 Å². The molecule has 2 atom stereocenters. The maximum atomic E-state index is 12.9. The van der Waals surface area contributed by atoms with Crippen LogP contribution in [0.1, 0.15) is 44.1 Å². The van der Waals surface area contributed by atoms with Crippen molar-refractivity contribution in [2.24, 2.45) is 16.8 Å². The van der Waals surface area contributed by atoms with E-state index in [1.165, 1.54) is 19.3 Å². The van der Waals surface area contributed by atoms with Crippen molar-refractivity contribution in [3.8, 4) is 0 Å². The number of likely N-dealkylation sites (N-methyl/N-ethyl adjacent to an activating group) is 1. The van der Waals surface area contributed by atoms with Crippen LogP contribution in [0.5, 0.6) is 0 Å². The number of carbonyl (C=O) groups is 1. The second-order valence-electron chi connectivity index (χ2n) is 9.66. The molecule has 2 aromatic rings. The van der Waals surface area contributed by atoms with Gasteiger partial charge in [0, 0.05) is 19.7 Å².